The van der Waals surface area contributed by atoms with Crippen LogP contribution in [-0.4, -0.2) is 27.8 Å². The molecule has 6 heteroatoms. The summed E-state index contributed by atoms with van der Waals surface area (Å²) in [7, 11) is 0. The summed E-state index contributed by atoms with van der Waals surface area (Å²) in [6, 6.07) is 5.66. The summed E-state index contributed by atoms with van der Waals surface area (Å²) in [6.07, 6.45) is 1.55. The first-order valence-corrected chi connectivity index (χ1v) is 8.17. The Morgan fingerprint density at radius 2 is 1.79 bits per heavy atom. The maximum Gasteiger partial charge on any atom is 0.270 e. The molecule has 0 bridgehead atoms. The van der Waals surface area contributed by atoms with Gasteiger partial charge in [0.15, 0.2) is 0 Å². The average Bonchev–Trinajstić information content (AvgIpc) is 2.78. The molecule has 4 rings (SSSR count). The Morgan fingerprint density at radius 1 is 1.17 bits per heavy atom. The van der Waals surface area contributed by atoms with Crippen molar-refractivity contribution < 1.29 is 19.5 Å². The lowest BCUT2D eigenvalue weighted by Gasteiger charge is -2.27. The van der Waals surface area contributed by atoms with Gasteiger partial charge in [-0.2, -0.15) is 5.01 Å². The molecule has 1 aromatic rings. The Labute approximate surface area is 139 Å². The van der Waals surface area contributed by atoms with Gasteiger partial charge in [0.05, 0.1) is 10.8 Å². The van der Waals surface area contributed by atoms with Crippen molar-refractivity contribution in [2.24, 2.45) is 22.2 Å². The predicted octanol–water partition coefficient (Wildman–Crippen LogP) is 1.85. The van der Waals surface area contributed by atoms with Gasteiger partial charge in [0, 0.05) is 5.56 Å². The number of phenols is 1. The zero-order valence-corrected chi connectivity index (χ0v) is 13.9. The highest BCUT2D eigenvalue weighted by Gasteiger charge is 2.90. The highest BCUT2D eigenvalue weighted by molar-refractivity contribution is 6.14. The molecule has 0 radical (unpaired) electrons. The van der Waals surface area contributed by atoms with Gasteiger partial charge in [0.25, 0.3) is 17.7 Å². The van der Waals surface area contributed by atoms with E-state index in [0.717, 1.165) is 11.4 Å². The highest BCUT2D eigenvalue weighted by Crippen LogP contribution is 2.85. The summed E-state index contributed by atoms with van der Waals surface area (Å²) in [5, 5.41) is 10.2. The van der Waals surface area contributed by atoms with Crippen molar-refractivity contribution in [2.45, 2.75) is 33.6 Å². The lowest BCUT2D eigenvalue weighted by Crippen LogP contribution is -2.47. The molecule has 0 unspecified atom stereocenters. The number of carbonyl (C=O) groups is 3. The number of hydrogen-bond acceptors (Lipinski definition) is 4. The number of hydrogen-bond donors (Lipinski definition) is 2. The Morgan fingerprint density at radius 3 is 2.33 bits per heavy atom. The summed E-state index contributed by atoms with van der Waals surface area (Å²) in [4.78, 5) is 38.3. The van der Waals surface area contributed by atoms with Crippen LogP contribution in [0, 0.1) is 22.2 Å². The van der Waals surface area contributed by atoms with E-state index in [1.165, 1.54) is 24.3 Å². The minimum absolute atomic E-state index is 0.0448. The summed E-state index contributed by atoms with van der Waals surface area (Å²) in [5.41, 5.74) is 1.11. The second-order valence-corrected chi connectivity index (χ2v) is 7.89. The lowest BCUT2D eigenvalue weighted by atomic mass is 9.71. The molecule has 1 aromatic carbocycles. The van der Waals surface area contributed by atoms with E-state index in [2.05, 4.69) is 5.43 Å². The Bertz CT molecular complexity index is 785. The Kier molecular flexibility index (Phi) is 2.64. The van der Waals surface area contributed by atoms with Crippen LogP contribution in [0.15, 0.2) is 24.3 Å². The van der Waals surface area contributed by atoms with Crippen LogP contribution >= 0.6 is 0 Å². The van der Waals surface area contributed by atoms with Gasteiger partial charge in [-0.15, -0.1) is 0 Å². The van der Waals surface area contributed by atoms with Gasteiger partial charge >= 0.3 is 0 Å². The van der Waals surface area contributed by atoms with Crippen molar-refractivity contribution in [1.29, 1.82) is 0 Å². The number of hydrazine groups is 1. The molecule has 3 atom stereocenters. The molecule has 1 heterocycles. The van der Waals surface area contributed by atoms with Crippen LogP contribution in [0.4, 0.5) is 0 Å². The number of carbonyl (C=O) groups excluding carboxylic acids is 3. The third-order valence-electron chi connectivity index (χ3n) is 6.69. The van der Waals surface area contributed by atoms with E-state index in [9.17, 15) is 19.5 Å². The predicted molar refractivity (Wildman–Crippen MR) is 84.5 cm³/mol. The standard InChI is InChI=1S/C18H20N2O4/c1-16(2)12-8-9-17(3)14(23)20(15(24)18(12,16)17)19-13(22)10-4-6-11(21)7-5-10/h4-7,12,21H,8-9H2,1-3H3,(H,19,22)/t12-,17+,18-/m1/s1. The van der Waals surface area contributed by atoms with E-state index >= 15 is 0 Å². The molecule has 126 valence electrons. The maximum absolute atomic E-state index is 13.1. The largest absolute Gasteiger partial charge is 0.508 e. The number of aromatic hydroxyl groups is 1. The number of benzene rings is 1. The van der Waals surface area contributed by atoms with E-state index in [1.807, 2.05) is 20.8 Å². The molecule has 1 saturated heterocycles. The minimum Gasteiger partial charge on any atom is -0.508 e. The van der Waals surface area contributed by atoms with E-state index in [4.69, 9.17) is 0 Å². The molecule has 0 aromatic heterocycles. The van der Waals surface area contributed by atoms with Gasteiger partial charge in [-0.3, -0.25) is 19.8 Å². The third kappa shape index (κ3) is 1.41. The van der Waals surface area contributed by atoms with Crippen molar-refractivity contribution >= 4 is 17.7 Å². The van der Waals surface area contributed by atoms with E-state index < -0.39 is 16.7 Å². The van der Waals surface area contributed by atoms with Crippen molar-refractivity contribution in [3.63, 3.8) is 0 Å². The van der Waals surface area contributed by atoms with Crippen LogP contribution in [0.2, 0.25) is 0 Å². The normalized spacial score (nSPS) is 35.6. The lowest BCUT2D eigenvalue weighted by molar-refractivity contribution is -0.144. The topological polar surface area (TPSA) is 86.7 Å². The van der Waals surface area contributed by atoms with Gasteiger partial charge in [-0.1, -0.05) is 13.8 Å². The molecular formula is C18H20N2O4. The van der Waals surface area contributed by atoms with Crippen LogP contribution < -0.4 is 5.43 Å². The fraction of sp³-hybridized carbons (Fsp3) is 0.500. The summed E-state index contributed by atoms with van der Waals surface area (Å²) in [6.45, 7) is 5.92. The van der Waals surface area contributed by atoms with Gasteiger partial charge in [-0.05, 0) is 55.4 Å². The first-order chi connectivity index (χ1) is 11.2. The average molecular weight is 328 g/mol. The molecule has 3 amide bonds. The second kappa shape index (κ2) is 4.18. The number of amides is 3. The van der Waals surface area contributed by atoms with Crippen LogP contribution in [0.3, 0.4) is 0 Å². The van der Waals surface area contributed by atoms with Crippen LogP contribution in [-0.2, 0) is 9.59 Å². The first-order valence-electron chi connectivity index (χ1n) is 8.17. The quantitative estimate of drug-likeness (QED) is 0.811. The summed E-state index contributed by atoms with van der Waals surface area (Å²) in [5.74, 6) is -0.889. The fourth-order valence-corrected chi connectivity index (χ4v) is 5.51. The van der Waals surface area contributed by atoms with Crippen molar-refractivity contribution in [3.05, 3.63) is 29.8 Å². The molecule has 2 saturated carbocycles. The maximum atomic E-state index is 13.1. The van der Waals surface area contributed by atoms with E-state index in [1.54, 1.807) is 0 Å². The number of nitrogens with zero attached hydrogens (tertiary/aromatic N) is 1. The smallest absolute Gasteiger partial charge is 0.270 e. The van der Waals surface area contributed by atoms with Crippen molar-refractivity contribution in [2.75, 3.05) is 0 Å². The van der Waals surface area contributed by atoms with Crippen molar-refractivity contribution in [3.8, 4) is 5.75 Å². The monoisotopic (exact) mass is 328 g/mol. The molecule has 1 aliphatic heterocycles. The number of imide groups is 1. The van der Waals surface area contributed by atoms with Crippen LogP contribution in [0.1, 0.15) is 44.0 Å². The highest BCUT2D eigenvalue weighted by atomic mass is 16.3. The summed E-state index contributed by atoms with van der Waals surface area (Å²) >= 11 is 0. The molecule has 1 spiro atoms. The third-order valence-corrected chi connectivity index (χ3v) is 6.69. The summed E-state index contributed by atoms with van der Waals surface area (Å²) < 4.78 is 0. The SMILES string of the molecule is CC1(C)[C@H]2CC[C@@]3(C)C(=O)N(NC(=O)c4ccc(O)cc4)C(=O)[C@]213. The molecule has 3 fully saturated rings. The Hall–Kier alpha value is -2.37. The van der Waals surface area contributed by atoms with Gasteiger partial charge < -0.3 is 5.11 Å². The second-order valence-electron chi connectivity index (χ2n) is 7.89. The number of phenolic OH excluding ortho intramolecular Hbond substituents is 1. The van der Waals surface area contributed by atoms with Gasteiger partial charge in [0.1, 0.15) is 5.75 Å². The van der Waals surface area contributed by atoms with E-state index in [-0.39, 0.29) is 34.5 Å². The minimum atomic E-state index is -0.736. The van der Waals surface area contributed by atoms with Crippen molar-refractivity contribution in [1.82, 2.24) is 10.4 Å². The zero-order chi connectivity index (χ0) is 17.5. The molecule has 2 aliphatic carbocycles. The zero-order valence-electron chi connectivity index (χ0n) is 13.9. The molecule has 24 heavy (non-hydrogen) atoms. The van der Waals surface area contributed by atoms with E-state index in [0.29, 0.717) is 6.42 Å². The van der Waals surface area contributed by atoms with Gasteiger partial charge in [0.2, 0.25) is 0 Å². The molecule has 3 aliphatic rings. The number of rotatable bonds is 2. The molecular weight excluding hydrogens is 308 g/mol. The van der Waals surface area contributed by atoms with Gasteiger partial charge in [-0.25, -0.2) is 0 Å². The van der Waals surface area contributed by atoms with Crippen LogP contribution in [0.25, 0.3) is 0 Å². The molecule has 6 nitrogen and oxygen atoms in total. The number of nitrogens with one attached hydrogen (secondary N) is 1. The first kappa shape index (κ1) is 15.2. The molecule has 2 N–H and O–H groups in total. The Balaban J connectivity index is 1.64. The fourth-order valence-electron chi connectivity index (χ4n) is 5.51. The van der Waals surface area contributed by atoms with Crippen LogP contribution in [0.5, 0.6) is 5.75 Å².